The molecular formula is C18H25N5O5S3. The summed E-state index contributed by atoms with van der Waals surface area (Å²) in [6.45, 7) is 1.69. The second-order valence-corrected chi connectivity index (χ2v) is 12.9. The van der Waals surface area contributed by atoms with Gasteiger partial charge in [0.2, 0.25) is 15.9 Å². The zero-order chi connectivity index (χ0) is 23.0. The Labute approximate surface area is 186 Å². The van der Waals surface area contributed by atoms with Crippen LogP contribution in [0.25, 0.3) is 0 Å². The molecule has 0 unspecified atom stereocenters. The standard InChI is InChI=1S/C18H25N5O5S3/c1-12-5-6-14(9-15(12)31(27,28)22(2)3)19-16(24)10-29-18-21-20-17(23(18)4)13-7-8-30(25,26)11-13/h5-6,9,13H,7-8,10-11H2,1-4H3,(H,19,24)/t13-/m0/s1. The van der Waals surface area contributed by atoms with Crippen LogP contribution in [-0.2, 0) is 31.7 Å². The van der Waals surface area contributed by atoms with Crippen LogP contribution in [0.15, 0.2) is 28.3 Å². The molecule has 10 nitrogen and oxygen atoms in total. The minimum atomic E-state index is -3.63. The van der Waals surface area contributed by atoms with Crippen molar-refractivity contribution in [3.05, 3.63) is 29.6 Å². The van der Waals surface area contributed by atoms with Crippen LogP contribution < -0.4 is 5.32 Å². The quantitative estimate of drug-likeness (QED) is 0.573. The van der Waals surface area contributed by atoms with E-state index in [-0.39, 0.29) is 34.0 Å². The number of carbonyl (C=O) groups is 1. The van der Waals surface area contributed by atoms with Crippen molar-refractivity contribution in [2.45, 2.75) is 29.3 Å². The minimum Gasteiger partial charge on any atom is -0.325 e. The number of carbonyl (C=O) groups excluding carboxylic acids is 1. The van der Waals surface area contributed by atoms with E-state index in [4.69, 9.17) is 0 Å². The van der Waals surface area contributed by atoms with E-state index in [0.717, 1.165) is 4.31 Å². The Bertz CT molecular complexity index is 1210. The van der Waals surface area contributed by atoms with E-state index < -0.39 is 19.9 Å². The van der Waals surface area contributed by atoms with E-state index in [2.05, 4.69) is 15.5 Å². The molecule has 170 valence electrons. The van der Waals surface area contributed by atoms with Gasteiger partial charge in [0.15, 0.2) is 15.0 Å². The summed E-state index contributed by atoms with van der Waals surface area (Å²) in [4.78, 5) is 12.5. The number of thioether (sulfide) groups is 1. The third-order valence-electron chi connectivity index (χ3n) is 5.03. The molecular weight excluding hydrogens is 462 g/mol. The molecule has 1 aliphatic rings. The Morgan fingerprint density at radius 2 is 2.03 bits per heavy atom. The molecule has 0 spiro atoms. The molecule has 1 N–H and O–H groups in total. The average molecular weight is 488 g/mol. The molecule has 13 heteroatoms. The first-order valence-corrected chi connectivity index (χ1v) is 13.7. The summed E-state index contributed by atoms with van der Waals surface area (Å²) in [6, 6.07) is 4.73. The van der Waals surface area contributed by atoms with Gasteiger partial charge in [0.05, 0.1) is 22.2 Å². The van der Waals surface area contributed by atoms with Crippen LogP contribution in [-0.4, -0.2) is 73.2 Å². The summed E-state index contributed by atoms with van der Waals surface area (Å²) in [5, 5.41) is 11.4. The lowest BCUT2D eigenvalue weighted by Gasteiger charge is -2.15. The lowest BCUT2D eigenvalue weighted by atomic mass is 10.1. The molecule has 0 bridgehead atoms. The second kappa shape index (κ2) is 8.88. The van der Waals surface area contributed by atoms with Crippen LogP contribution in [0.1, 0.15) is 23.7 Å². The summed E-state index contributed by atoms with van der Waals surface area (Å²) < 4.78 is 51.1. The van der Waals surface area contributed by atoms with Crippen molar-refractivity contribution in [2.75, 3.05) is 36.7 Å². The van der Waals surface area contributed by atoms with Gasteiger partial charge in [-0.3, -0.25) is 4.79 Å². The highest BCUT2D eigenvalue weighted by Gasteiger charge is 2.32. The number of sulfonamides is 1. The fraction of sp³-hybridized carbons (Fsp3) is 0.500. The lowest BCUT2D eigenvalue weighted by molar-refractivity contribution is -0.113. The number of aromatic nitrogens is 3. The first-order valence-electron chi connectivity index (χ1n) is 9.46. The molecule has 1 aromatic carbocycles. The third kappa shape index (κ3) is 5.27. The maximum absolute atomic E-state index is 12.4. The first kappa shape index (κ1) is 23.7. The van der Waals surface area contributed by atoms with Crippen molar-refractivity contribution >= 4 is 43.2 Å². The smallest absolute Gasteiger partial charge is 0.242 e. The van der Waals surface area contributed by atoms with Crippen LogP contribution in [0.2, 0.25) is 0 Å². The molecule has 1 aromatic heterocycles. The van der Waals surface area contributed by atoms with Gasteiger partial charge in [0.1, 0.15) is 5.82 Å². The molecule has 1 fully saturated rings. The van der Waals surface area contributed by atoms with E-state index in [1.807, 2.05) is 0 Å². The van der Waals surface area contributed by atoms with Crippen molar-refractivity contribution in [2.24, 2.45) is 7.05 Å². The summed E-state index contributed by atoms with van der Waals surface area (Å²) in [5.41, 5.74) is 0.966. The van der Waals surface area contributed by atoms with E-state index in [1.165, 1.54) is 31.9 Å². The minimum absolute atomic E-state index is 0.0403. The predicted octanol–water partition coefficient (Wildman–Crippen LogP) is 1.01. The summed E-state index contributed by atoms with van der Waals surface area (Å²) >= 11 is 1.17. The molecule has 0 saturated carbocycles. The Balaban J connectivity index is 1.65. The molecule has 1 amide bonds. The van der Waals surface area contributed by atoms with Gasteiger partial charge in [-0.2, -0.15) is 0 Å². The summed E-state index contributed by atoms with van der Waals surface area (Å²) in [6.07, 6.45) is 0.519. The van der Waals surface area contributed by atoms with Crippen molar-refractivity contribution in [3.63, 3.8) is 0 Å². The SMILES string of the molecule is Cc1ccc(NC(=O)CSc2nnc([C@H]3CCS(=O)(=O)C3)n2C)cc1S(=O)(=O)N(C)C. The molecule has 2 aromatic rings. The van der Waals surface area contributed by atoms with Crippen LogP contribution >= 0.6 is 11.8 Å². The maximum atomic E-state index is 12.4. The van der Waals surface area contributed by atoms with Crippen LogP contribution in [0, 0.1) is 6.92 Å². The Hall–Kier alpha value is -1.96. The molecule has 1 aliphatic heterocycles. The van der Waals surface area contributed by atoms with Crippen molar-refractivity contribution in [1.82, 2.24) is 19.1 Å². The maximum Gasteiger partial charge on any atom is 0.242 e. The van der Waals surface area contributed by atoms with E-state index in [9.17, 15) is 21.6 Å². The number of nitrogens with one attached hydrogen (secondary N) is 1. The van der Waals surface area contributed by atoms with Gasteiger partial charge < -0.3 is 9.88 Å². The fourth-order valence-electron chi connectivity index (χ4n) is 3.29. The van der Waals surface area contributed by atoms with Crippen LogP contribution in [0.4, 0.5) is 5.69 Å². The largest absolute Gasteiger partial charge is 0.325 e. The molecule has 2 heterocycles. The van der Waals surface area contributed by atoms with Gasteiger partial charge in [0.25, 0.3) is 0 Å². The fourth-order valence-corrected chi connectivity index (χ4v) is 6.89. The van der Waals surface area contributed by atoms with Crippen LogP contribution in [0.3, 0.4) is 0 Å². The number of anilines is 1. The van der Waals surface area contributed by atoms with E-state index in [0.29, 0.717) is 28.7 Å². The number of benzene rings is 1. The number of hydrogen-bond acceptors (Lipinski definition) is 8. The zero-order valence-corrected chi connectivity index (χ0v) is 20.1. The Kier molecular flexibility index (Phi) is 6.79. The summed E-state index contributed by atoms with van der Waals surface area (Å²) in [7, 11) is -2.01. The van der Waals surface area contributed by atoms with Gasteiger partial charge in [-0.05, 0) is 31.0 Å². The number of sulfone groups is 1. The third-order valence-corrected chi connectivity index (χ3v) is 9.77. The van der Waals surface area contributed by atoms with Gasteiger partial charge in [0, 0.05) is 32.7 Å². The van der Waals surface area contributed by atoms with Crippen molar-refractivity contribution in [1.29, 1.82) is 0 Å². The highest BCUT2D eigenvalue weighted by atomic mass is 32.2. The van der Waals surface area contributed by atoms with Gasteiger partial charge in [-0.1, -0.05) is 17.8 Å². The monoisotopic (exact) mass is 487 g/mol. The topological polar surface area (TPSA) is 131 Å². The van der Waals surface area contributed by atoms with Gasteiger partial charge in [-0.25, -0.2) is 21.1 Å². The average Bonchev–Trinajstić information content (AvgIpc) is 3.22. The number of amides is 1. The molecule has 31 heavy (non-hydrogen) atoms. The van der Waals surface area contributed by atoms with Crippen LogP contribution in [0.5, 0.6) is 0 Å². The van der Waals surface area contributed by atoms with E-state index >= 15 is 0 Å². The highest BCUT2D eigenvalue weighted by Crippen LogP contribution is 2.29. The highest BCUT2D eigenvalue weighted by molar-refractivity contribution is 7.99. The van der Waals surface area contributed by atoms with Gasteiger partial charge in [-0.15, -0.1) is 10.2 Å². The van der Waals surface area contributed by atoms with E-state index in [1.54, 1.807) is 30.7 Å². The number of rotatable bonds is 7. The molecule has 3 rings (SSSR count). The molecule has 0 aliphatic carbocycles. The van der Waals surface area contributed by atoms with Crippen molar-refractivity contribution in [3.8, 4) is 0 Å². The number of nitrogens with zero attached hydrogens (tertiary/aromatic N) is 4. The Morgan fingerprint density at radius 1 is 1.32 bits per heavy atom. The normalized spacial score (nSPS) is 18.4. The lowest BCUT2D eigenvalue weighted by Crippen LogP contribution is -2.23. The predicted molar refractivity (Wildman–Crippen MR) is 118 cm³/mol. The molecule has 1 atom stereocenters. The zero-order valence-electron chi connectivity index (χ0n) is 17.7. The molecule has 0 radical (unpaired) electrons. The summed E-state index contributed by atoms with van der Waals surface area (Å²) in [5.74, 6) is 0.345. The number of aryl methyl sites for hydroxylation is 1. The first-order chi connectivity index (χ1) is 14.4. The van der Waals surface area contributed by atoms with Gasteiger partial charge >= 0.3 is 0 Å². The molecule has 1 saturated heterocycles. The number of hydrogen-bond donors (Lipinski definition) is 1. The van der Waals surface area contributed by atoms with Crippen molar-refractivity contribution < 1.29 is 21.6 Å². The second-order valence-electron chi connectivity index (χ2n) is 7.60. The Morgan fingerprint density at radius 3 is 2.65 bits per heavy atom.